The molecule has 3 heterocycles. The quantitative estimate of drug-likeness (QED) is 0.758. The van der Waals surface area contributed by atoms with E-state index in [-0.39, 0.29) is 5.91 Å². The Bertz CT molecular complexity index is 816. The van der Waals surface area contributed by atoms with Crippen molar-refractivity contribution in [2.45, 2.75) is 52.1 Å². The Morgan fingerprint density at radius 2 is 2.14 bits per heavy atom. The van der Waals surface area contributed by atoms with Crippen molar-refractivity contribution >= 4 is 5.91 Å². The monoisotopic (exact) mass is 385 g/mol. The zero-order valence-electron chi connectivity index (χ0n) is 17.6. The maximum Gasteiger partial charge on any atom is 0.255 e. The number of hydrogen-bond donors (Lipinski definition) is 0. The van der Waals surface area contributed by atoms with E-state index in [2.05, 4.69) is 39.3 Å². The fourth-order valence-electron chi connectivity index (χ4n) is 3.91. The van der Waals surface area contributed by atoms with E-state index in [4.69, 9.17) is 0 Å². The molecule has 0 aliphatic carbocycles. The van der Waals surface area contributed by atoms with E-state index in [0.717, 1.165) is 43.9 Å². The maximum absolute atomic E-state index is 13.2. The first-order valence-corrected chi connectivity index (χ1v) is 10.00. The molecule has 0 N–H and O–H groups in total. The highest BCUT2D eigenvalue weighted by atomic mass is 16.2. The minimum atomic E-state index is -0.398. The van der Waals surface area contributed by atoms with Gasteiger partial charge in [-0.1, -0.05) is 13.8 Å². The third-order valence-electron chi connectivity index (χ3n) is 5.72. The number of pyridine rings is 1. The summed E-state index contributed by atoms with van der Waals surface area (Å²) in [6.45, 7) is 8.35. The van der Waals surface area contributed by atoms with Crippen molar-refractivity contribution in [3.05, 3.63) is 35.4 Å². The van der Waals surface area contributed by atoms with Crippen LogP contribution in [0.3, 0.4) is 0 Å². The van der Waals surface area contributed by atoms with E-state index in [1.165, 1.54) is 0 Å². The van der Waals surface area contributed by atoms with Gasteiger partial charge in [0.2, 0.25) is 0 Å². The smallest absolute Gasteiger partial charge is 0.255 e. The first kappa shape index (κ1) is 20.4. The number of carbonyl (C=O) groups is 1. The number of rotatable bonds is 6. The molecule has 0 saturated carbocycles. The lowest BCUT2D eigenvalue weighted by atomic mass is 9.86. The largest absolute Gasteiger partial charge is 0.336 e. The van der Waals surface area contributed by atoms with Crippen LogP contribution in [-0.2, 0) is 12.1 Å². The molecule has 1 aliphatic rings. The summed E-state index contributed by atoms with van der Waals surface area (Å²) in [4.78, 5) is 21.6. The van der Waals surface area contributed by atoms with Gasteiger partial charge in [-0.15, -0.1) is 5.10 Å². The number of nitrogens with zero attached hydrogens (tertiary/aromatic N) is 7. The number of piperidine rings is 1. The van der Waals surface area contributed by atoms with Crippen LogP contribution >= 0.6 is 0 Å². The molecule has 1 saturated heterocycles. The fourth-order valence-corrected chi connectivity index (χ4v) is 3.91. The van der Waals surface area contributed by atoms with E-state index in [0.29, 0.717) is 18.0 Å². The molecule has 1 aliphatic heterocycles. The van der Waals surface area contributed by atoms with Gasteiger partial charge in [-0.25, -0.2) is 4.68 Å². The standard InChI is InChI=1S/C20H31N7O/c1-15(2)9-13-27-19(22-23-24-27)20(25(4)5)10-7-12-26(14-20)18(28)17-8-6-11-21-16(17)3/h6,8,11,15H,7,9-10,12-14H2,1-5H3. The van der Waals surface area contributed by atoms with Crippen LogP contribution in [0.4, 0.5) is 0 Å². The van der Waals surface area contributed by atoms with E-state index >= 15 is 0 Å². The Morgan fingerprint density at radius 1 is 1.36 bits per heavy atom. The molecular weight excluding hydrogens is 354 g/mol. The average molecular weight is 386 g/mol. The van der Waals surface area contributed by atoms with E-state index < -0.39 is 5.54 Å². The second-order valence-corrected chi connectivity index (χ2v) is 8.30. The first-order valence-electron chi connectivity index (χ1n) is 10.00. The van der Waals surface area contributed by atoms with Crippen molar-refractivity contribution in [1.29, 1.82) is 0 Å². The molecule has 0 aromatic carbocycles. The number of aryl methyl sites for hydroxylation is 2. The number of aromatic nitrogens is 5. The van der Waals surface area contributed by atoms with Crippen LogP contribution in [0.5, 0.6) is 0 Å². The Morgan fingerprint density at radius 3 is 2.82 bits per heavy atom. The zero-order valence-corrected chi connectivity index (χ0v) is 17.6. The van der Waals surface area contributed by atoms with Crippen LogP contribution in [-0.4, -0.2) is 68.1 Å². The molecule has 8 nitrogen and oxygen atoms in total. The van der Waals surface area contributed by atoms with Crippen LogP contribution in [0.1, 0.15) is 55.0 Å². The Kier molecular flexibility index (Phi) is 6.07. The second kappa shape index (κ2) is 8.34. The zero-order chi connectivity index (χ0) is 20.3. The van der Waals surface area contributed by atoms with Gasteiger partial charge in [-0.2, -0.15) is 0 Å². The summed E-state index contributed by atoms with van der Waals surface area (Å²) in [6.07, 6.45) is 4.55. The molecular formula is C20H31N7O. The van der Waals surface area contributed by atoms with Crippen molar-refractivity contribution in [3.8, 4) is 0 Å². The van der Waals surface area contributed by atoms with Gasteiger partial charge < -0.3 is 4.90 Å². The number of tetrazole rings is 1. The number of likely N-dealkylation sites (tertiary alicyclic amines) is 1. The minimum Gasteiger partial charge on any atom is -0.336 e. The van der Waals surface area contributed by atoms with E-state index in [9.17, 15) is 4.79 Å². The van der Waals surface area contributed by atoms with Gasteiger partial charge in [-0.05, 0) is 68.8 Å². The highest BCUT2D eigenvalue weighted by molar-refractivity contribution is 5.95. The molecule has 0 radical (unpaired) electrons. The average Bonchev–Trinajstić information content (AvgIpc) is 3.15. The number of carbonyl (C=O) groups excluding carboxylic acids is 1. The SMILES string of the molecule is Cc1ncccc1C(=O)N1CCCC(c2nnnn2CCC(C)C)(N(C)C)C1. The molecule has 8 heteroatoms. The van der Waals surface area contributed by atoms with Crippen molar-refractivity contribution in [1.82, 2.24) is 35.0 Å². The molecule has 1 unspecified atom stereocenters. The van der Waals surface area contributed by atoms with Crippen LogP contribution in [0, 0.1) is 12.8 Å². The second-order valence-electron chi connectivity index (χ2n) is 8.30. The van der Waals surface area contributed by atoms with Gasteiger partial charge in [-0.3, -0.25) is 14.7 Å². The molecule has 28 heavy (non-hydrogen) atoms. The topological polar surface area (TPSA) is 80.0 Å². The molecule has 2 aromatic heterocycles. The summed E-state index contributed by atoms with van der Waals surface area (Å²) >= 11 is 0. The third-order valence-corrected chi connectivity index (χ3v) is 5.72. The predicted octanol–water partition coefficient (Wildman–Crippen LogP) is 2.12. The van der Waals surface area contributed by atoms with Crippen molar-refractivity contribution in [3.63, 3.8) is 0 Å². The number of amides is 1. The summed E-state index contributed by atoms with van der Waals surface area (Å²) < 4.78 is 1.92. The van der Waals surface area contributed by atoms with Gasteiger partial charge >= 0.3 is 0 Å². The molecule has 2 aromatic rings. The van der Waals surface area contributed by atoms with Crippen LogP contribution in [0.25, 0.3) is 0 Å². The summed E-state index contributed by atoms with van der Waals surface area (Å²) in [5, 5.41) is 12.6. The minimum absolute atomic E-state index is 0.0257. The van der Waals surface area contributed by atoms with Crippen LogP contribution < -0.4 is 0 Å². The number of likely N-dealkylation sites (N-methyl/N-ethyl adjacent to an activating group) is 1. The van der Waals surface area contributed by atoms with Crippen molar-refractivity contribution in [2.75, 3.05) is 27.2 Å². The van der Waals surface area contributed by atoms with Gasteiger partial charge in [0, 0.05) is 31.5 Å². The van der Waals surface area contributed by atoms with Gasteiger partial charge in [0.05, 0.1) is 5.56 Å². The Hall–Kier alpha value is -2.35. The molecule has 1 amide bonds. The first-order chi connectivity index (χ1) is 13.3. The van der Waals surface area contributed by atoms with Crippen LogP contribution in [0.15, 0.2) is 18.3 Å². The Labute approximate surface area is 166 Å². The highest BCUT2D eigenvalue weighted by Gasteiger charge is 2.45. The molecule has 0 bridgehead atoms. The molecule has 0 spiro atoms. The van der Waals surface area contributed by atoms with Gasteiger partial charge in [0.1, 0.15) is 5.54 Å². The molecule has 1 atom stereocenters. The summed E-state index contributed by atoms with van der Waals surface area (Å²) in [7, 11) is 4.09. The molecule has 3 rings (SSSR count). The van der Waals surface area contributed by atoms with E-state index in [1.54, 1.807) is 6.20 Å². The van der Waals surface area contributed by atoms with Crippen molar-refractivity contribution in [2.24, 2.45) is 5.92 Å². The van der Waals surface area contributed by atoms with Crippen molar-refractivity contribution < 1.29 is 4.79 Å². The summed E-state index contributed by atoms with van der Waals surface area (Å²) in [5.74, 6) is 1.45. The molecule has 152 valence electrons. The summed E-state index contributed by atoms with van der Waals surface area (Å²) in [6, 6.07) is 3.67. The van der Waals surface area contributed by atoms with Gasteiger partial charge in [0.15, 0.2) is 5.82 Å². The Balaban J connectivity index is 1.91. The van der Waals surface area contributed by atoms with Gasteiger partial charge in [0.25, 0.3) is 5.91 Å². The van der Waals surface area contributed by atoms with E-state index in [1.807, 2.05) is 42.7 Å². The highest BCUT2D eigenvalue weighted by Crippen LogP contribution is 2.35. The summed E-state index contributed by atoms with van der Waals surface area (Å²) in [5.41, 5.74) is 1.02. The third kappa shape index (κ3) is 3.92. The normalized spacial score (nSPS) is 20.2. The number of hydrogen-bond acceptors (Lipinski definition) is 6. The van der Waals surface area contributed by atoms with Crippen LogP contribution in [0.2, 0.25) is 0 Å². The lowest BCUT2D eigenvalue weighted by Gasteiger charge is -2.46. The fraction of sp³-hybridized carbons (Fsp3) is 0.650. The maximum atomic E-state index is 13.2. The predicted molar refractivity (Wildman–Crippen MR) is 107 cm³/mol. The molecule has 1 fully saturated rings. The lowest BCUT2D eigenvalue weighted by molar-refractivity contribution is 0.0256. The lowest BCUT2D eigenvalue weighted by Crippen LogP contribution is -2.56.